The molecule has 4 aliphatic rings. The van der Waals surface area contributed by atoms with Crippen molar-refractivity contribution in [3.63, 3.8) is 0 Å². The van der Waals surface area contributed by atoms with E-state index in [1.807, 2.05) is 23.2 Å². The third kappa shape index (κ3) is 5.52. The minimum Gasteiger partial charge on any atom is -0.422 e. The number of anilines is 1. The van der Waals surface area contributed by atoms with E-state index in [0.29, 0.717) is 31.1 Å². The molecule has 41 heavy (non-hydrogen) atoms. The van der Waals surface area contributed by atoms with Gasteiger partial charge in [0.1, 0.15) is 5.82 Å². The number of carbonyl (C=O) groups is 1. The number of fused-ring (bicyclic) bond motifs is 2. The first-order valence-electron chi connectivity index (χ1n) is 14.4. The molecule has 0 N–H and O–H groups in total. The molecule has 3 aromatic rings. The van der Waals surface area contributed by atoms with E-state index in [9.17, 15) is 4.79 Å². The van der Waals surface area contributed by atoms with Crippen LogP contribution in [0.2, 0.25) is 0 Å². The molecule has 1 amide bonds. The van der Waals surface area contributed by atoms with Gasteiger partial charge in [-0.25, -0.2) is 0 Å². The van der Waals surface area contributed by atoms with Crippen molar-refractivity contribution in [3.05, 3.63) is 83.3 Å². The highest BCUT2D eigenvalue weighted by Gasteiger charge is 2.36. The van der Waals surface area contributed by atoms with Crippen molar-refractivity contribution in [2.45, 2.75) is 57.7 Å². The Morgan fingerprint density at radius 1 is 1.07 bits per heavy atom. The van der Waals surface area contributed by atoms with E-state index in [1.54, 1.807) is 6.07 Å². The van der Waals surface area contributed by atoms with Gasteiger partial charge in [0, 0.05) is 69.9 Å². The molecule has 1 atom stereocenters. The van der Waals surface area contributed by atoms with Crippen LogP contribution in [0.1, 0.15) is 66.2 Å². The average molecular weight is 550 g/mol. The van der Waals surface area contributed by atoms with Gasteiger partial charge in [0.15, 0.2) is 5.75 Å². The number of amides is 1. The van der Waals surface area contributed by atoms with Crippen molar-refractivity contribution in [3.8, 4) is 17.8 Å². The fourth-order valence-corrected chi connectivity index (χ4v) is 6.20. The van der Waals surface area contributed by atoms with Gasteiger partial charge in [0.05, 0.1) is 17.5 Å². The summed E-state index contributed by atoms with van der Waals surface area (Å²) >= 11 is 0. The molecular weight excluding hydrogens is 514 g/mol. The summed E-state index contributed by atoms with van der Waals surface area (Å²) in [4.78, 5) is 33.4. The zero-order valence-corrected chi connectivity index (χ0v) is 23.5. The second-order valence-corrected chi connectivity index (χ2v) is 10.9. The number of nitrogens with zero attached hydrogens (tertiary/aromatic N) is 7. The highest BCUT2D eigenvalue weighted by molar-refractivity contribution is 5.87. The molecule has 2 aliphatic carbocycles. The number of nitriles is 1. The Balaban J connectivity index is 0.000000967. The highest BCUT2D eigenvalue weighted by atomic mass is 16.5. The Morgan fingerprint density at radius 2 is 1.85 bits per heavy atom. The lowest BCUT2D eigenvalue weighted by molar-refractivity contribution is -0.126. The van der Waals surface area contributed by atoms with Crippen LogP contribution in [0.3, 0.4) is 0 Å². The molecule has 4 heterocycles. The topological polar surface area (TPSA) is 98.5 Å². The summed E-state index contributed by atoms with van der Waals surface area (Å²) in [7, 11) is 0. The second kappa shape index (κ2) is 11.7. The summed E-state index contributed by atoms with van der Waals surface area (Å²) in [5.74, 6) is 2.13. The third-order valence-corrected chi connectivity index (χ3v) is 8.34. The number of ether oxygens (including phenoxy) is 1. The molecule has 9 heteroatoms. The summed E-state index contributed by atoms with van der Waals surface area (Å²) < 4.78 is 6.35. The number of hydrogen-bond donors (Lipinski definition) is 0. The molecule has 2 fully saturated rings. The number of hydrogen-bond acceptors (Lipinski definition) is 8. The van der Waals surface area contributed by atoms with Crippen LogP contribution in [-0.2, 0) is 24.3 Å². The lowest BCUT2D eigenvalue weighted by Gasteiger charge is -2.35. The standard InChI is InChI=1S/C30H32N6O2.C2H3N/c1-2-27(37)34-14-16-35(17-15-34)29-23-18-36(25-12-11-20-6-3-4-7-22(20)25)19-24(23)32-30(33-29)38-26-8-5-13-31-28(26)21-9-10-21;1-2-3/h2-8,13,21,25H,1,9-12,14-19H2;1H3. The number of aryl methyl sites for hydroxylation is 1. The molecule has 9 nitrogen and oxygen atoms in total. The number of carbonyl (C=O) groups excluding carboxylic acids is 1. The molecule has 0 spiro atoms. The molecule has 2 aliphatic heterocycles. The molecule has 7 rings (SSSR count). The van der Waals surface area contributed by atoms with Gasteiger partial charge in [0.25, 0.3) is 0 Å². The average Bonchev–Trinajstić information content (AvgIpc) is 3.62. The minimum atomic E-state index is -0.0168. The third-order valence-electron chi connectivity index (χ3n) is 8.34. The molecular formula is C32H35N7O2. The summed E-state index contributed by atoms with van der Waals surface area (Å²) in [5.41, 5.74) is 6.11. The first-order valence-corrected chi connectivity index (χ1v) is 14.4. The number of benzene rings is 1. The van der Waals surface area contributed by atoms with Crippen LogP contribution < -0.4 is 9.64 Å². The predicted octanol–water partition coefficient (Wildman–Crippen LogP) is 4.91. The molecule has 0 bridgehead atoms. The van der Waals surface area contributed by atoms with E-state index in [1.165, 1.54) is 29.7 Å². The van der Waals surface area contributed by atoms with Crippen LogP contribution in [0, 0.1) is 11.3 Å². The first kappa shape index (κ1) is 26.9. The van der Waals surface area contributed by atoms with Gasteiger partial charge in [0.2, 0.25) is 5.91 Å². The van der Waals surface area contributed by atoms with Crippen LogP contribution in [0.25, 0.3) is 0 Å². The Bertz CT molecular complexity index is 1490. The van der Waals surface area contributed by atoms with Crippen molar-refractivity contribution >= 4 is 11.7 Å². The maximum absolute atomic E-state index is 12.2. The first-order chi connectivity index (χ1) is 20.1. The maximum Gasteiger partial charge on any atom is 0.324 e. The Hall–Kier alpha value is -4.29. The number of piperazine rings is 1. The molecule has 1 saturated carbocycles. The highest BCUT2D eigenvalue weighted by Crippen LogP contribution is 2.45. The molecule has 1 unspecified atom stereocenters. The number of pyridine rings is 1. The van der Waals surface area contributed by atoms with E-state index < -0.39 is 0 Å². The van der Waals surface area contributed by atoms with Crippen LogP contribution >= 0.6 is 0 Å². The Kier molecular flexibility index (Phi) is 7.66. The van der Waals surface area contributed by atoms with Gasteiger partial charge in [-0.1, -0.05) is 30.8 Å². The predicted molar refractivity (Wildman–Crippen MR) is 155 cm³/mol. The number of aromatic nitrogens is 3. The van der Waals surface area contributed by atoms with Crippen LogP contribution in [0.5, 0.6) is 11.8 Å². The van der Waals surface area contributed by atoms with Gasteiger partial charge >= 0.3 is 6.01 Å². The van der Waals surface area contributed by atoms with E-state index in [2.05, 4.69) is 45.6 Å². The number of rotatable bonds is 6. The van der Waals surface area contributed by atoms with Crippen molar-refractivity contribution in [2.24, 2.45) is 0 Å². The largest absolute Gasteiger partial charge is 0.422 e. The molecule has 1 saturated heterocycles. The van der Waals surface area contributed by atoms with Crippen LogP contribution in [0.15, 0.2) is 55.3 Å². The normalized spacial score (nSPS) is 19.5. The van der Waals surface area contributed by atoms with Crippen molar-refractivity contribution in [1.29, 1.82) is 5.26 Å². The summed E-state index contributed by atoms with van der Waals surface area (Å²) in [5, 5.41) is 7.32. The summed E-state index contributed by atoms with van der Waals surface area (Å²) in [6.45, 7) is 9.39. The molecule has 2 aromatic heterocycles. The van der Waals surface area contributed by atoms with E-state index in [4.69, 9.17) is 20.0 Å². The Morgan fingerprint density at radius 3 is 2.61 bits per heavy atom. The van der Waals surface area contributed by atoms with Crippen LogP contribution in [-0.4, -0.2) is 56.8 Å². The fraction of sp³-hybridized carbons (Fsp3) is 0.406. The smallest absolute Gasteiger partial charge is 0.324 e. The van der Waals surface area contributed by atoms with Crippen molar-refractivity contribution in [1.82, 2.24) is 24.8 Å². The van der Waals surface area contributed by atoms with E-state index >= 15 is 0 Å². The van der Waals surface area contributed by atoms with E-state index in [-0.39, 0.29) is 5.91 Å². The van der Waals surface area contributed by atoms with Crippen molar-refractivity contribution < 1.29 is 9.53 Å². The van der Waals surface area contributed by atoms with Gasteiger partial charge in [-0.2, -0.15) is 15.2 Å². The lowest BCUT2D eigenvalue weighted by atomic mass is 10.1. The fourth-order valence-electron chi connectivity index (χ4n) is 6.20. The van der Waals surface area contributed by atoms with Gasteiger partial charge in [-0.3, -0.25) is 14.7 Å². The van der Waals surface area contributed by atoms with E-state index in [0.717, 1.165) is 74.8 Å². The quantitative estimate of drug-likeness (QED) is 0.400. The zero-order valence-electron chi connectivity index (χ0n) is 23.5. The van der Waals surface area contributed by atoms with Gasteiger partial charge < -0.3 is 14.5 Å². The second-order valence-electron chi connectivity index (χ2n) is 10.9. The van der Waals surface area contributed by atoms with Crippen LogP contribution in [0.4, 0.5) is 5.82 Å². The monoisotopic (exact) mass is 549 g/mol. The van der Waals surface area contributed by atoms with Gasteiger partial charge in [-0.05, 0) is 55.0 Å². The molecule has 0 radical (unpaired) electrons. The lowest BCUT2D eigenvalue weighted by Crippen LogP contribution is -2.48. The summed E-state index contributed by atoms with van der Waals surface area (Å²) in [6, 6.07) is 15.2. The summed E-state index contributed by atoms with van der Waals surface area (Å²) in [6.07, 6.45) is 7.76. The Labute approximate surface area is 241 Å². The van der Waals surface area contributed by atoms with Crippen molar-refractivity contribution in [2.75, 3.05) is 31.1 Å². The molecule has 1 aromatic carbocycles. The minimum absolute atomic E-state index is 0.0168. The SMILES string of the molecule is C=CC(=O)N1CCN(c2nc(Oc3cccnc3C3CC3)nc3c2CN(C2CCc4ccccc42)C3)CC1.CC#N. The molecule has 210 valence electrons. The maximum atomic E-state index is 12.2. The van der Waals surface area contributed by atoms with Gasteiger partial charge in [-0.15, -0.1) is 0 Å². The zero-order chi connectivity index (χ0) is 28.3.